The summed E-state index contributed by atoms with van der Waals surface area (Å²) in [5, 5.41) is 3.04. The number of rotatable bonds is 3. The number of carbonyl (C=O) groups excluding carboxylic acids is 2. The third-order valence-electron chi connectivity index (χ3n) is 3.28. The summed E-state index contributed by atoms with van der Waals surface area (Å²) >= 11 is 6.11. The Balaban J connectivity index is 2.26. The number of carbonyl (C=O) groups is 2. The van der Waals surface area contributed by atoms with Gasteiger partial charge in [-0.15, -0.1) is 0 Å². The summed E-state index contributed by atoms with van der Waals surface area (Å²) in [5.41, 5.74) is 0.409. The Labute approximate surface area is 128 Å². The van der Waals surface area contributed by atoms with Gasteiger partial charge in [-0.3, -0.25) is 9.59 Å². The van der Waals surface area contributed by atoms with Gasteiger partial charge in [-0.05, 0) is 12.1 Å². The van der Waals surface area contributed by atoms with Crippen LogP contribution in [0.1, 0.15) is 16.8 Å². The predicted molar refractivity (Wildman–Crippen MR) is 78.1 cm³/mol. The maximum Gasteiger partial charge on any atom is 0.254 e. The average Bonchev–Trinajstić information content (AvgIpc) is 2.70. The molecule has 1 aliphatic rings. The highest BCUT2D eigenvalue weighted by atomic mass is 35.5. The Morgan fingerprint density at radius 2 is 2.05 bits per heavy atom. The number of methoxy groups -OCH3 is 2. The maximum absolute atomic E-state index is 12.5. The minimum absolute atomic E-state index is 0.0457. The third-order valence-corrected chi connectivity index (χ3v) is 3.56. The van der Waals surface area contributed by atoms with Crippen LogP contribution >= 0.6 is 11.6 Å². The highest BCUT2D eigenvalue weighted by molar-refractivity contribution is 6.32. The van der Waals surface area contributed by atoms with Crippen molar-refractivity contribution in [3.8, 4) is 11.5 Å². The Kier molecular flexibility index (Phi) is 4.90. The number of ether oxygens (including phenoxy) is 2. The second-order valence-corrected chi connectivity index (χ2v) is 4.99. The van der Waals surface area contributed by atoms with E-state index in [1.54, 1.807) is 17.0 Å². The molecule has 1 aliphatic heterocycles. The third kappa shape index (κ3) is 3.39. The van der Waals surface area contributed by atoms with Crippen LogP contribution in [0.3, 0.4) is 0 Å². The summed E-state index contributed by atoms with van der Waals surface area (Å²) in [5.74, 6) is 0.561. The molecular formula is C14H17ClN2O4. The van der Waals surface area contributed by atoms with Gasteiger partial charge in [0.1, 0.15) is 0 Å². The fraction of sp³-hybridized carbons (Fsp3) is 0.429. The first kappa shape index (κ1) is 15.4. The molecule has 1 N–H and O–H groups in total. The first-order valence-corrected chi connectivity index (χ1v) is 6.92. The molecule has 0 aromatic heterocycles. The lowest BCUT2D eigenvalue weighted by Gasteiger charge is -2.20. The van der Waals surface area contributed by atoms with Gasteiger partial charge in [-0.25, -0.2) is 0 Å². The van der Waals surface area contributed by atoms with Crippen molar-refractivity contribution in [2.24, 2.45) is 0 Å². The van der Waals surface area contributed by atoms with E-state index in [0.717, 1.165) is 0 Å². The maximum atomic E-state index is 12.5. The number of hydrogen-bond donors (Lipinski definition) is 1. The van der Waals surface area contributed by atoms with E-state index in [9.17, 15) is 9.59 Å². The van der Waals surface area contributed by atoms with Crippen LogP contribution in [0.5, 0.6) is 11.5 Å². The molecular weight excluding hydrogens is 296 g/mol. The van der Waals surface area contributed by atoms with Gasteiger partial charge in [0.05, 0.1) is 19.2 Å². The molecule has 114 valence electrons. The van der Waals surface area contributed by atoms with E-state index in [1.807, 2.05) is 0 Å². The predicted octanol–water partition coefficient (Wildman–Crippen LogP) is 1.32. The van der Waals surface area contributed by atoms with Gasteiger partial charge >= 0.3 is 0 Å². The molecule has 7 heteroatoms. The van der Waals surface area contributed by atoms with E-state index in [-0.39, 0.29) is 11.8 Å². The highest BCUT2D eigenvalue weighted by Gasteiger charge is 2.22. The molecule has 0 atom stereocenters. The zero-order valence-electron chi connectivity index (χ0n) is 11.9. The summed E-state index contributed by atoms with van der Waals surface area (Å²) in [6.07, 6.45) is 0.298. The van der Waals surface area contributed by atoms with Crippen molar-refractivity contribution in [1.29, 1.82) is 0 Å². The number of halogens is 1. The molecule has 0 bridgehead atoms. The van der Waals surface area contributed by atoms with Gasteiger partial charge in [0.2, 0.25) is 5.91 Å². The number of hydrogen-bond acceptors (Lipinski definition) is 4. The van der Waals surface area contributed by atoms with Gasteiger partial charge < -0.3 is 19.7 Å². The second kappa shape index (κ2) is 6.67. The van der Waals surface area contributed by atoms with Gasteiger partial charge in [-0.2, -0.15) is 0 Å². The standard InChI is InChI=1S/C14H17ClN2O4/c1-20-11-8-9(7-10(15)13(11)21-2)14(19)17-5-3-12(18)16-4-6-17/h7-8H,3-6H2,1-2H3,(H,16,18). The molecule has 0 spiro atoms. The van der Waals surface area contributed by atoms with E-state index in [2.05, 4.69) is 5.32 Å². The van der Waals surface area contributed by atoms with Crippen molar-refractivity contribution in [3.05, 3.63) is 22.7 Å². The van der Waals surface area contributed by atoms with Crippen LogP contribution in [0.2, 0.25) is 5.02 Å². The molecule has 0 saturated carbocycles. The van der Waals surface area contributed by atoms with Crippen molar-refractivity contribution < 1.29 is 19.1 Å². The molecule has 1 fully saturated rings. The van der Waals surface area contributed by atoms with Crippen LogP contribution in [-0.4, -0.2) is 50.6 Å². The van der Waals surface area contributed by atoms with Crippen LogP contribution in [0.15, 0.2) is 12.1 Å². The summed E-state index contributed by atoms with van der Waals surface area (Å²) in [7, 11) is 2.97. The van der Waals surface area contributed by atoms with E-state index in [1.165, 1.54) is 14.2 Å². The lowest BCUT2D eigenvalue weighted by molar-refractivity contribution is -0.120. The fourth-order valence-electron chi connectivity index (χ4n) is 2.19. The number of benzene rings is 1. The van der Waals surface area contributed by atoms with Gasteiger partial charge in [0.15, 0.2) is 11.5 Å². The summed E-state index contributed by atoms with van der Waals surface area (Å²) in [4.78, 5) is 25.5. The summed E-state index contributed by atoms with van der Waals surface area (Å²) < 4.78 is 10.3. The first-order valence-electron chi connectivity index (χ1n) is 6.54. The van der Waals surface area contributed by atoms with E-state index < -0.39 is 0 Å². The fourth-order valence-corrected chi connectivity index (χ4v) is 2.48. The molecule has 1 heterocycles. The molecule has 2 rings (SSSR count). The van der Waals surface area contributed by atoms with E-state index in [4.69, 9.17) is 21.1 Å². The normalized spacial score (nSPS) is 15.2. The Morgan fingerprint density at radius 1 is 1.29 bits per heavy atom. The number of nitrogens with one attached hydrogen (secondary N) is 1. The minimum Gasteiger partial charge on any atom is -0.493 e. The molecule has 1 aromatic carbocycles. The summed E-state index contributed by atoms with van der Waals surface area (Å²) in [6.45, 7) is 1.30. The number of amides is 2. The lowest BCUT2D eigenvalue weighted by atomic mass is 10.1. The highest BCUT2D eigenvalue weighted by Crippen LogP contribution is 2.36. The van der Waals surface area contributed by atoms with Crippen molar-refractivity contribution in [2.75, 3.05) is 33.9 Å². The van der Waals surface area contributed by atoms with Crippen molar-refractivity contribution in [2.45, 2.75) is 6.42 Å². The molecule has 0 unspecified atom stereocenters. The summed E-state index contributed by atoms with van der Waals surface area (Å²) in [6, 6.07) is 3.14. The quantitative estimate of drug-likeness (QED) is 0.914. The van der Waals surface area contributed by atoms with Crippen LogP contribution < -0.4 is 14.8 Å². The molecule has 0 radical (unpaired) electrons. The smallest absolute Gasteiger partial charge is 0.254 e. The zero-order valence-corrected chi connectivity index (χ0v) is 12.7. The Morgan fingerprint density at radius 3 is 2.71 bits per heavy atom. The molecule has 0 aliphatic carbocycles. The lowest BCUT2D eigenvalue weighted by Crippen LogP contribution is -2.34. The average molecular weight is 313 g/mol. The first-order chi connectivity index (χ1) is 10.1. The second-order valence-electron chi connectivity index (χ2n) is 4.59. The molecule has 6 nitrogen and oxygen atoms in total. The van der Waals surface area contributed by atoms with Crippen LogP contribution in [0, 0.1) is 0 Å². The SMILES string of the molecule is COc1cc(C(=O)N2CCNC(=O)CC2)cc(Cl)c1OC. The minimum atomic E-state index is -0.186. The van der Waals surface area contributed by atoms with Crippen LogP contribution in [0.4, 0.5) is 0 Å². The Hall–Kier alpha value is -1.95. The van der Waals surface area contributed by atoms with Crippen LogP contribution in [0.25, 0.3) is 0 Å². The molecule has 1 saturated heterocycles. The van der Waals surface area contributed by atoms with Gasteiger partial charge in [0, 0.05) is 31.6 Å². The Bertz CT molecular complexity index is 562. The van der Waals surface area contributed by atoms with Gasteiger partial charge in [0.25, 0.3) is 5.91 Å². The topological polar surface area (TPSA) is 67.9 Å². The van der Waals surface area contributed by atoms with Gasteiger partial charge in [-0.1, -0.05) is 11.6 Å². The molecule has 1 aromatic rings. The van der Waals surface area contributed by atoms with Crippen molar-refractivity contribution in [1.82, 2.24) is 10.2 Å². The monoisotopic (exact) mass is 312 g/mol. The van der Waals surface area contributed by atoms with E-state index in [0.29, 0.717) is 48.1 Å². The van der Waals surface area contributed by atoms with E-state index >= 15 is 0 Å². The van der Waals surface area contributed by atoms with Crippen LogP contribution in [-0.2, 0) is 4.79 Å². The molecule has 21 heavy (non-hydrogen) atoms. The van der Waals surface area contributed by atoms with Crippen molar-refractivity contribution in [3.63, 3.8) is 0 Å². The number of nitrogens with zero attached hydrogens (tertiary/aromatic N) is 1. The zero-order chi connectivity index (χ0) is 15.4. The van der Waals surface area contributed by atoms with Crippen molar-refractivity contribution >= 4 is 23.4 Å². The molecule has 2 amide bonds. The largest absolute Gasteiger partial charge is 0.493 e.